The first-order valence-corrected chi connectivity index (χ1v) is 9.20. The van der Waals surface area contributed by atoms with Gasteiger partial charge in [-0.3, -0.25) is 0 Å². The third-order valence-electron chi connectivity index (χ3n) is 4.89. The second-order valence-corrected chi connectivity index (χ2v) is 7.10. The number of halogens is 1. The second kappa shape index (κ2) is 8.36. The average Bonchev–Trinajstić information content (AvgIpc) is 2.68. The number of amides is 2. The monoisotopic (exact) mass is 373 g/mol. The zero-order chi connectivity index (χ0) is 18.5. The standard InChI is InChI=1S/C19H24ClN5O/c1-14-7-8-16(20)11-15(14)12-21-19(26)24(2)17-5-4-10-25(13-17)18-6-3-9-22-23-18/h3,6-9,11,17H,4-5,10,12-13H2,1-2H3,(H,21,26). The maximum absolute atomic E-state index is 12.6. The summed E-state index contributed by atoms with van der Waals surface area (Å²) in [5, 5.41) is 11.8. The van der Waals surface area contributed by atoms with Crippen LogP contribution in [-0.2, 0) is 6.54 Å². The van der Waals surface area contributed by atoms with Crippen molar-refractivity contribution in [2.45, 2.75) is 32.4 Å². The van der Waals surface area contributed by atoms with Crippen molar-refractivity contribution in [3.8, 4) is 0 Å². The highest BCUT2D eigenvalue weighted by molar-refractivity contribution is 6.30. The first-order chi connectivity index (χ1) is 12.5. The van der Waals surface area contributed by atoms with Crippen molar-refractivity contribution in [3.05, 3.63) is 52.7 Å². The molecule has 1 aromatic carbocycles. The zero-order valence-corrected chi connectivity index (χ0v) is 15.9. The van der Waals surface area contributed by atoms with Gasteiger partial charge in [0.25, 0.3) is 0 Å². The van der Waals surface area contributed by atoms with Crippen molar-refractivity contribution in [1.29, 1.82) is 0 Å². The van der Waals surface area contributed by atoms with Gasteiger partial charge in [-0.05, 0) is 55.2 Å². The van der Waals surface area contributed by atoms with Crippen LogP contribution in [0.1, 0.15) is 24.0 Å². The maximum atomic E-state index is 12.6. The van der Waals surface area contributed by atoms with Crippen molar-refractivity contribution in [3.63, 3.8) is 0 Å². The minimum absolute atomic E-state index is 0.0737. The van der Waals surface area contributed by atoms with Crippen LogP contribution >= 0.6 is 11.6 Å². The molecule has 1 N–H and O–H groups in total. The molecule has 1 aliphatic rings. The van der Waals surface area contributed by atoms with E-state index in [9.17, 15) is 4.79 Å². The van der Waals surface area contributed by atoms with E-state index in [1.165, 1.54) is 0 Å². The highest BCUT2D eigenvalue weighted by Gasteiger charge is 2.26. The molecule has 0 bridgehead atoms. The third kappa shape index (κ3) is 4.43. The Morgan fingerprint density at radius 3 is 3.04 bits per heavy atom. The topological polar surface area (TPSA) is 61.4 Å². The highest BCUT2D eigenvalue weighted by Crippen LogP contribution is 2.20. The lowest BCUT2D eigenvalue weighted by atomic mass is 10.0. The molecule has 7 heteroatoms. The Balaban J connectivity index is 1.58. The van der Waals surface area contributed by atoms with E-state index in [1.807, 2.05) is 44.3 Å². The number of carbonyl (C=O) groups is 1. The second-order valence-electron chi connectivity index (χ2n) is 6.66. The SMILES string of the molecule is Cc1ccc(Cl)cc1CNC(=O)N(C)C1CCCN(c2cccnn2)C1. The summed E-state index contributed by atoms with van der Waals surface area (Å²) in [4.78, 5) is 16.6. The smallest absolute Gasteiger partial charge is 0.317 e. The van der Waals surface area contributed by atoms with Crippen LogP contribution < -0.4 is 10.2 Å². The van der Waals surface area contributed by atoms with Crippen LogP contribution in [0.15, 0.2) is 36.5 Å². The van der Waals surface area contributed by atoms with Crippen LogP contribution in [0.2, 0.25) is 5.02 Å². The predicted molar refractivity (Wildman–Crippen MR) is 103 cm³/mol. The average molecular weight is 374 g/mol. The molecule has 6 nitrogen and oxygen atoms in total. The number of likely N-dealkylation sites (N-methyl/N-ethyl adjacent to an activating group) is 1. The third-order valence-corrected chi connectivity index (χ3v) is 5.12. The van der Waals surface area contributed by atoms with Gasteiger partial charge in [0, 0.05) is 37.9 Å². The summed E-state index contributed by atoms with van der Waals surface area (Å²) in [5.41, 5.74) is 2.15. The Hall–Kier alpha value is -2.34. The largest absolute Gasteiger partial charge is 0.353 e. The van der Waals surface area contributed by atoms with Crippen LogP contribution in [-0.4, -0.2) is 47.3 Å². The van der Waals surface area contributed by atoms with Gasteiger partial charge in [-0.25, -0.2) is 4.79 Å². The first-order valence-electron chi connectivity index (χ1n) is 8.83. The van der Waals surface area contributed by atoms with E-state index in [0.29, 0.717) is 11.6 Å². The Morgan fingerprint density at radius 2 is 2.27 bits per heavy atom. The molecule has 2 amide bonds. The Labute approximate surface area is 159 Å². The lowest BCUT2D eigenvalue weighted by molar-refractivity contribution is 0.182. The van der Waals surface area contributed by atoms with Gasteiger partial charge in [0.05, 0.1) is 6.04 Å². The maximum Gasteiger partial charge on any atom is 0.317 e. The van der Waals surface area contributed by atoms with Crippen molar-refractivity contribution in [2.24, 2.45) is 0 Å². The summed E-state index contributed by atoms with van der Waals surface area (Å²) >= 11 is 6.05. The molecular formula is C19H24ClN5O. The molecule has 2 heterocycles. The van der Waals surface area contributed by atoms with Gasteiger partial charge in [0.15, 0.2) is 5.82 Å². The number of hydrogen-bond donors (Lipinski definition) is 1. The van der Waals surface area contributed by atoms with E-state index in [1.54, 1.807) is 11.1 Å². The predicted octanol–water partition coefficient (Wildman–Crippen LogP) is 3.25. The van der Waals surface area contributed by atoms with Gasteiger partial charge in [0.2, 0.25) is 0 Å². The summed E-state index contributed by atoms with van der Waals surface area (Å²) < 4.78 is 0. The zero-order valence-electron chi connectivity index (χ0n) is 15.2. The molecule has 3 rings (SSSR count). The van der Waals surface area contributed by atoms with Crippen LogP contribution in [0, 0.1) is 6.92 Å². The molecule has 1 atom stereocenters. The van der Waals surface area contributed by atoms with Crippen LogP contribution in [0.25, 0.3) is 0 Å². The highest BCUT2D eigenvalue weighted by atomic mass is 35.5. The Bertz CT molecular complexity index is 755. The Morgan fingerprint density at radius 1 is 1.42 bits per heavy atom. The molecule has 0 saturated carbocycles. The molecular weight excluding hydrogens is 350 g/mol. The summed E-state index contributed by atoms with van der Waals surface area (Å²) in [7, 11) is 1.85. The lowest BCUT2D eigenvalue weighted by Crippen LogP contribution is -2.51. The summed E-state index contributed by atoms with van der Waals surface area (Å²) in [6, 6.07) is 9.63. The van der Waals surface area contributed by atoms with E-state index in [2.05, 4.69) is 20.4 Å². The molecule has 1 aromatic heterocycles. The summed E-state index contributed by atoms with van der Waals surface area (Å²) in [5.74, 6) is 0.862. The Kier molecular flexibility index (Phi) is 5.93. The fraction of sp³-hybridized carbons (Fsp3) is 0.421. The van der Waals surface area contributed by atoms with Gasteiger partial charge < -0.3 is 15.1 Å². The molecule has 26 heavy (non-hydrogen) atoms. The lowest BCUT2D eigenvalue weighted by Gasteiger charge is -2.38. The van der Waals surface area contributed by atoms with Crippen molar-refractivity contribution in [1.82, 2.24) is 20.4 Å². The van der Waals surface area contributed by atoms with E-state index in [4.69, 9.17) is 11.6 Å². The van der Waals surface area contributed by atoms with Gasteiger partial charge >= 0.3 is 6.03 Å². The molecule has 0 radical (unpaired) electrons. The molecule has 1 unspecified atom stereocenters. The van der Waals surface area contributed by atoms with Crippen LogP contribution in [0.4, 0.5) is 10.6 Å². The molecule has 1 aliphatic heterocycles. The molecule has 1 saturated heterocycles. The van der Waals surface area contributed by atoms with E-state index < -0.39 is 0 Å². The normalized spacial score (nSPS) is 17.0. The van der Waals surface area contributed by atoms with Gasteiger partial charge in [-0.2, -0.15) is 5.10 Å². The number of rotatable bonds is 4. The fourth-order valence-electron chi connectivity index (χ4n) is 3.23. The molecule has 0 aliphatic carbocycles. The number of aryl methyl sites for hydroxylation is 1. The minimum atomic E-state index is -0.0737. The van der Waals surface area contributed by atoms with Crippen LogP contribution in [0.5, 0.6) is 0 Å². The number of nitrogens with one attached hydrogen (secondary N) is 1. The summed E-state index contributed by atoms with van der Waals surface area (Å²) in [6.07, 6.45) is 3.67. The molecule has 1 fully saturated rings. The van der Waals surface area contributed by atoms with Crippen molar-refractivity contribution >= 4 is 23.4 Å². The fourth-order valence-corrected chi connectivity index (χ4v) is 3.43. The van der Waals surface area contributed by atoms with Crippen molar-refractivity contribution < 1.29 is 4.79 Å². The molecule has 0 spiro atoms. The molecule has 2 aromatic rings. The quantitative estimate of drug-likeness (QED) is 0.893. The number of urea groups is 1. The number of anilines is 1. The van der Waals surface area contributed by atoms with Crippen molar-refractivity contribution in [2.75, 3.05) is 25.0 Å². The van der Waals surface area contributed by atoms with Gasteiger partial charge in [-0.15, -0.1) is 5.10 Å². The number of piperidine rings is 1. The van der Waals surface area contributed by atoms with Gasteiger partial charge in [0.1, 0.15) is 0 Å². The summed E-state index contributed by atoms with van der Waals surface area (Å²) in [6.45, 7) is 4.18. The van der Waals surface area contributed by atoms with E-state index in [-0.39, 0.29) is 12.1 Å². The minimum Gasteiger partial charge on any atom is -0.353 e. The first kappa shape index (κ1) is 18.5. The van der Waals surface area contributed by atoms with Gasteiger partial charge in [-0.1, -0.05) is 17.7 Å². The molecule has 138 valence electrons. The number of aromatic nitrogens is 2. The number of carbonyl (C=O) groups excluding carboxylic acids is 1. The number of nitrogens with zero attached hydrogens (tertiary/aromatic N) is 4. The van der Waals surface area contributed by atoms with E-state index >= 15 is 0 Å². The van der Waals surface area contributed by atoms with E-state index in [0.717, 1.165) is 42.9 Å². The number of benzene rings is 1. The number of hydrogen-bond acceptors (Lipinski definition) is 4. The van der Waals surface area contributed by atoms with Crippen LogP contribution in [0.3, 0.4) is 0 Å².